The lowest BCUT2D eigenvalue weighted by Crippen LogP contribution is -2.40. The van der Waals surface area contributed by atoms with Gasteiger partial charge in [0.1, 0.15) is 0 Å². The molecule has 0 aromatic heterocycles. The van der Waals surface area contributed by atoms with E-state index in [1.54, 1.807) is 0 Å². The van der Waals surface area contributed by atoms with Crippen molar-refractivity contribution < 1.29 is 4.74 Å². The fraction of sp³-hybridized carbons (Fsp3) is 0.333. The Kier molecular flexibility index (Phi) is 3.86. The minimum Gasteiger partial charge on any atom is -0.381 e. The van der Waals surface area contributed by atoms with Gasteiger partial charge >= 0.3 is 0 Å². The molecule has 0 spiro atoms. The van der Waals surface area contributed by atoms with E-state index in [2.05, 4.69) is 48.5 Å². The van der Waals surface area contributed by atoms with Crippen molar-refractivity contribution in [2.24, 2.45) is 5.73 Å². The molecular formula is C18H21NO. The van der Waals surface area contributed by atoms with Crippen molar-refractivity contribution >= 4 is 0 Å². The SMILES string of the molecule is NCC1(c2cccc(-c3ccccc3)c2)CCOCC1. The number of rotatable bonds is 3. The van der Waals surface area contributed by atoms with Crippen LogP contribution in [-0.4, -0.2) is 19.8 Å². The Balaban J connectivity index is 1.98. The van der Waals surface area contributed by atoms with E-state index in [0.29, 0.717) is 6.54 Å². The first-order valence-electron chi connectivity index (χ1n) is 7.28. The maximum Gasteiger partial charge on any atom is 0.0475 e. The molecule has 1 heterocycles. The van der Waals surface area contributed by atoms with Gasteiger partial charge in [-0.25, -0.2) is 0 Å². The first-order valence-corrected chi connectivity index (χ1v) is 7.28. The van der Waals surface area contributed by atoms with Gasteiger partial charge in [-0.1, -0.05) is 54.6 Å². The molecule has 3 rings (SSSR count). The average Bonchev–Trinajstić information content (AvgIpc) is 2.56. The van der Waals surface area contributed by atoms with Gasteiger partial charge in [-0.3, -0.25) is 0 Å². The molecule has 0 saturated carbocycles. The van der Waals surface area contributed by atoms with Gasteiger partial charge in [0.25, 0.3) is 0 Å². The Morgan fingerprint density at radius 3 is 2.30 bits per heavy atom. The summed E-state index contributed by atoms with van der Waals surface area (Å²) in [6.07, 6.45) is 2.03. The largest absolute Gasteiger partial charge is 0.381 e. The summed E-state index contributed by atoms with van der Waals surface area (Å²) in [6, 6.07) is 19.3. The van der Waals surface area contributed by atoms with Gasteiger partial charge in [-0.15, -0.1) is 0 Å². The zero-order chi connectivity index (χ0) is 13.8. The van der Waals surface area contributed by atoms with Crippen molar-refractivity contribution in [3.05, 3.63) is 60.2 Å². The third-order valence-electron chi connectivity index (χ3n) is 4.42. The second kappa shape index (κ2) is 5.78. The van der Waals surface area contributed by atoms with Gasteiger partial charge in [-0.2, -0.15) is 0 Å². The van der Waals surface area contributed by atoms with E-state index in [1.807, 2.05) is 6.07 Å². The van der Waals surface area contributed by atoms with E-state index in [-0.39, 0.29) is 5.41 Å². The summed E-state index contributed by atoms with van der Waals surface area (Å²) < 4.78 is 5.51. The second-order valence-electron chi connectivity index (χ2n) is 5.54. The van der Waals surface area contributed by atoms with Crippen LogP contribution in [0.3, 0.4) is 0 Å². The van der Waals surface area contributed by atoms with Crippen LogP contribution in [-0.2, 0) is 10.2 Å². The second-order valence-corrected chi connectivity index (χ2v) is 5.54. The summed E-state index contributed by atoms with van der Waals surface area (Å²) in [5.41, 5.74) is 10.1. The maximum absolute atomic E-state index is 6.10. The Morgan fingerprint density at radius 2 is 1.60 bits per heavy atom. The summed E-state index contributed by atoms with van der Waals surface area (Å²) >= 11 is 0. The van der Waals surface area contributed by atoms with Crippen LogP contribution in [0.25, 0.3) is 11.1 Å². The van der Waals surface area contributed by atoms with Crippen molar-refractivity contribution in [1.82, 2.24) is 0 Å². The number of ether oxygens (including phenoxy) is 1. The summed E-state index contributed by atoms with van der Waals surface area (Å²) in [4.78, 5) is 0. The molecule has 1 aliphatic rings. The van der Waals surface area contributed by atoms with Crippen LogP contribution in [0, 0.1) is 0 Å². The molecule has 104 valence electrons. The maximum atomic E-state index is 6.10. The van der Waals surface area contributed by atoms with Gasteiger partial charge in [0.2, 0.25) is 0 Å². The van der Waals surface area contributed by atoms with E-state index in [1.165, 1.54) is 16.7 Å². The molecule has 2 aromatic carbocycles. The molecule has 20 heavy (non-hydrogen) atoms. The van der Waals surface area contributed by atoms with Gasteiger partial charge in [0, 0.05) is 25.2 Å². The predicted molar refractivity (Wildman–Crippen MR) is 82.7 cm³/mol. The lowest BCUT2D eigenvalue weighted by atomic mass is 9.73. The van der Waals surface area contributed by atoms with Crippen molar-refractivity contribution in [3.8, 4) is 11.1 Å². The molecule has 0 amide bonds. The first-order chi connectivity index (χ1) is 9.84. The molecule has 1 saturated heterocycles. The fourth-order valence-corrected chi connectivity index (χ4v) is 3.03. The quantitative estimate of drug-likeness (QED) is 0.925. The average molecular weight is 267 g/mol. The van der Waals surface area contributed by atoms with E-state index in [4.69, 9.17) is 10.5 Å². The lowest BCUT2D eigenvalue weighted by Gasteiger charge is -2.37. The summed E-state index contributed by atoms with van der Waals surface area (Å²) in [5, 5.41) is 0. The Labute approximate surface area is 120 Å². The zero-order valence-corrected chi connectivity index (χ0v) is 11.7. The number of hydrogen-bond acceptors (Lipinski definition) is 2. The summed E-state index contributed by atoms with van der Waals surface area (Å²) in [7, 11) is 0. The molecule has 2 N–H and O–H groups in total. The fourth-order valence-electron chi connectivity index (χ4n) is 3.03. The zero-order valence-electron chi connectivity index (χ0n) is 11.7. The van der Waals surface area contributed by atoms with Gasteiger partial charge in [0.05, 0.1) is 0 Å². The minimum absolute atomic E-state index is 0.0863. The van der Waals surface area contributed by atoms with Crippen LogP contribution in [0.2, 0.25) is 0 Å². The molecule has 0 radical (unpaired) electrons. The van der Waals surface area contributed by atoms with E-state index in [0.717, 1.165) is 26.1 Å². The standard InChI is InChI=1S/C18H21NO/c19-14-18(9-11-20-12-10-18)17-8-4-7-16(13-17)15-5-2-1-3-6-15/h1-8,13H,9-12,14,19H2. The van der Waals surface area contributed by atoms with Crippen molar-refractivity contribution in [1.29, 1.82) is 0 Å². The van der Waals surface area contributed by atoms with Crippen LogP contribution in [0.15, 0.2) is 54.6 Å². The molecule has 1 fully saturated rings. The molecule has 1 aliphatic heterocycles. The number of hydrogen-bond donors (Lipinski definition) is 1. The molecule has 2 nitrogen and oxygen atoms in total. The van der Waals surface area contributed by atoms with Crippen molar-refractivity contribution in [3.63, 3.8) is 0 Å². The number of nitrogens with two attached hydrogens (primary N) is 1. The van der Waals surface area contributed by atoms with Crippen LogP contribution in [0.5, 0.6) is 0 Å². The molecule has 0 unspecified atom stereocenters. The summed E-state index contributed by atoms with van der Waals surface area (Å²) in [5.74, 6) is 0. The van der Waals surface area contributed by atoms with Crippen molar-refractivity contribution in [2.75, 3.05) is 19.8 Å². The Morgan fingerprint density at radius 1 is 0.900 bits per heavy atom. The van der Waals surface area contributed by atoms with Crippen LogP contribution >= 0.6 is 0 Å². The highest BCUT2D eigenvalue weighted by Crippen LogP contribution is 2.35. The van der Waals surface area contributed by atoms with E-state index < -0.39 is 0 Å². The minimum atomic E-state index is 0.0863. The van der Waals surface area contributed by atoms with Crippen LogP contribution in [0.4, 0.5) is 0 Å². The van der Waals surface area contributed by atoms with Gasteiger partial charge < -0.3 is 10.5 Å². The topological polar surface area (TPSA) is 35.2 Å². The highest BCUT2D eigenvalue weighted by Gasteiger charge is 2.33. The molecule has 2 heteroatoms. The highest BCUT2D eigenvalue weighted by atomic mass is 16.5. The third-order valence-corrected chi connectivity index (χ3v) is 4.42. The summed E-state index contributed by atoms with van der Waals surface area (Å²) in [6.45, 7) is 2.31. The van der Waals surface area contributed by atoms with Crippen LogP contribution < -0.4 is 5.73 Å². The van der Waals surface area contributed by atoms with Crippen molar-refractivity contribution in [2.45, 2.75) is 18.3 Å². The van der Waals surface area contributed by atoms with E-state index >= 15 is 0 Å². The monoisotopic (exact) mass is 267 g/mol. The highest BCUT2D eigenvalue weighted by molar-refractivity contribution is 5.64. The molecule has 2 aromatic rings. The third kappa shape index (κ3) is 2.49. The number of benzene rings is 2. The van der Waals surface area contributed by atoms with E-state index in [9.17, 15) is 0 Å². The first kappa shape index (κ1) is 13.3. The van der Waals surface area contributed by atoms with Gasteiger partial charge in [-0.05, 0) is 29.5 Å². The normalized spacial score (nSPS) is 17.9. The van der Waals surface area contributed by atoms with Crippen LogP contribution in [0.1, 0.15) is 18.4 Å². The Bertz CT molecular complexity index is 559. The molecular weight excluding hydrogens is 246 g/mol. The molecule has 0 aliphatic carbocycles. The van der Waals surface area contributed by atoms with Gasteiger partial charge in [0.15, 0.2) is 0 Å². The molecule has 0 bridgehead atoms. The molecule has 0 atom stereocenters. The predicted octanol–water partition coefficient (Wildman–Crippen LogP) is 3.36. The Hall–Kier alpha value is -1.64. The lowest BCUT2D eigenvalue weighted by molar-refractivity contribution is 0.0530. The smallest absolute Gasteiger partial charge is 0.0475 e.